The molecule has 3 nitrogen and oxygen atoms in total. The number of rotatable bonds is 3. The van der Waals surface area contributed by atoms with Crippen molar-refractivity contribution in [1.82, 2.24) is 4.98 Å². The lowest BCUT2D eigenvalue weighted by Crippen LogP contribution is -1.99. The van der Waals surface area contributed by atoms with Gasteiger partial charge in [-0.2, -0.15) is 9.37 Å². The number of pyridine rings is 1. The summed E-state index contributed by atoms with van der Waals surface area (Å²) < 4.78 is 25.5. The van der Waals surface area contributed by atoms with Crippen LogP contribution in [0.5, 0.6) is 5.88 Å². The van der Waals surface area contributed by atoms with Crippen molar-refractivity contribution in [2.75, 3.05) is 0 Å². The number of hydrogen-bond acceptors (Lipinski definition) is 3. The van der Waals surface area contributed by atoms with Gasteiger partial charge in [-0.05, 0) is 30.7 Å². The number of oxime groups is 1. The maximum absolute atomic E-state index is 12.8. The molecule has 2 rings (SSSR count). The molecule has 0 atom stereocenters. The fourth-order valence-corrected chi connectivity index (χ4v) is 1.30. The molecule has 18 heavy (non-hydrogen) atoms. The van der Waals surface area contributed by atoms with E-state index in [-0.39, 0.29) is 11.7 Å². The first-order valence-corrected chi connectivity index (χ1v) is 5.25. The average molecular weight is 248 g/mol. The molecular weight excluding hydrogens is 238 g/mol. The molecule has 1 heterocycles. The van der Waals surface area contributed by atoms with E-state index in [0.29, 0.717) is 11.3 Å². The van der Waals surface area contributed by atoms with Crippen molar-refractivity contribution in [3.63, 3.8) is 0 Å². The molecule has 0 spiro atoms. The van der Waals surface area contributed by atoms with Crippen LogP contribution >= 0.6 is 0 Å². The average Bonchev–Trinajstić information content (AvgIpc) is 2.37. The Morgan fingerprint density at radius 2 is 1.83 bits per heavy atom. The third-order valence-corrected chi connectivity index (χ3v) is 2.23. The smallest absolute Gasteiger partial charge is 0.251 e. The van der Waals surface area contributed by atoms with Gasteiger partial charge in [0.05, 0.1) is 5.71 Å². The van der Waals surface area contributed by atoms with Crippen LogP contribution in [0.2, 0.25) is 0 Å². The molecule has 5 heteroatoms. The van der Waals surface area contributed by atoms with E-state index in [9.17, 15) is 8.78 Å². The minimum Gasteiger partial charge on any atom is -0.336 e. The molecule has 0 unspecified atom stereocenters. The zero-order valence-corrected chi connectivity index (χ0v) is 9.60. The first kappa shape index (κ1) is 12.2. The SMILES string of the molecule is CC(=NOc1cccc(F)n1)c1ccc(F)cc1. The van der Waals surface area contributed by atoms with Crippen LogP contribution in [0.1, 0.15) is 12.5 Å². The molecule has 0 saturated heterocycles. The van der Waals surface area contributed by atoms with Crippen molar-refractivity contribution in [2.45, 2.75) is 6.92 Å². The molecule has 1 aromatic carbocycles. The van der Waals surface area contributed by atoms with Crippen LogP contribution in [-0.4, -0.2) is 10.7 Å². The van der Waals surface area contributed by atoms with Gasteiger partial charge in [-0.15, -0.1) is 0 Å². The summed E-state index contributed by atoms with van der Waals surface area (Å²) in [5, 5.41) is 3.80. The summed E-state index contributed by atoms with van der Waals surface area (Å²) in [5.74, 6) is -0.891. The number of nitrogens with zero attached hydrogens (tertiary/aromatic N) is 2. The lowest BCUT2D eigenvalue weighted by atomic mass is 10.1. The van der Waals surface area contributed by atoms with Gasteiger partial charge in [0.25, 0.3) is 5.88 Å². The molecule has 0 aliphatic rings. The van der Waals surface area contributed by atoms with Gasteiger partial charge >= 0.3 is 0 Å². The Labute approximate surface area is 103 Å². The highest BCUT2D eigenvalue weighted by molar-refractivity contribution is 5.98. The van der Waals surface area contributed by atoms with E-state index in [2.05, 4.69) is 10.1 Å². The van der Waals surface area contributed by atoms with Gasteiger partial charge < -0.3 is 4.84 Å². The van der Waals surface area contributed by atoms with Gasteiger partial charge in [-0.3, -0.25) is 0 Å². The highest BCUT2D eigenvalue weighted by Crippen LogP contribution is 2.09. The van der Waals surface area contributed by atoms with Crippen LogP contribution in [0.3, 0.4) is 0 Å². The van der Waals surface area contributed by atoms with Gasteiger partial charge in [-0.25, -0.2) is 4.39 Å². The van der Waals surface area contributed by atoms with Gasteiger partial charge in [0.15, 0.2) is 0 Å². The molecular formula is C13H10F2N2O. The maximum atomic E-state index is 12.8. The molecule has 0 aliphatic heterocycles. The minimum atomic E-state index is -0.637. The standard InChI is InChI=1S/C13H10F2N2O/c1-9(10-5-7-11(14)8-6-10)17-18-13-4-2-3-12(15)16-13/h2-8H,1H3. The first-order chi connectivity index (χ1) is 8.65. The zero-order valence-electron chi connectivity index (χ0n) is 9.60. The Morgan fingerprint density at radius 3 is 2.50 bits per heavy atom. The predicted molar refractivity (Wildman–Crippen MR) is 63.4 cm³/mol. The Bertz CT molecular complexity index is 567. The fraction of sp³-hybridized carbons (Fsp3) is 0.0769. The van der Waals surface area contributed by atoms with E-state index in [0.717, 1.165) is 0 Å². The van der Waals surface area contributed by atoms with E-state index >= 15 is 0 Å². The van der Waals surface area contributed by atoms with Crippen molar-refractivity contribution in [2.24, 2.45) is 5.16 Å². The summed E-state index contributed by atoms with van der Waals surface area (Å²) in [4.78, 5) is 8.47. The van der Waals surface area contributed by atoms with Crippen molar-refractivity contribution < 1.29 is 13.6 Å². The van der Waals surface area contributed by atoms with E-state index < -0.39 is 5.95 Å². The Kier molecular flexibility index (Phi) is 3.62. The quantitative estimate of drug-likeness (QED) is 0.475. The zero-order chi connectivity index (χ0) is 13.0. The topological polar surface area (TPSA) is 34.5 Å². The minimum absolute atomic E-state index is 0.0662. The molecule has 92 valence electrons. The Morgan fingerprint density at radius 1 is 1.11 bits per heavy atom. The van der Waals surface area contributed by atoms with Gasteiger partial charge in [0, 0.05) is 6.07 Å². The van der Waals surface area contributed by atoms with E-state index in [1.807, 2.05) is 0 Å². The van der Waals surface area contributed by atoms with Gasteiger partial charge in [-0.1, -0.05) is 23.4 Å². The van der Waals surface area contributed by atoms with E-state index in [1.165, 1.54) is 30.3 Å². The summed E-state index contributed by atoms with van der Waals surface area (Å²) in [7, 11) is 0. The summed E-state index contributed by atoms with van der Waals surface area (Å²) in [5.41, 5.74) is 1.26. The normalized spacial score (nSPS) is 11.4. The molecule has 0 N–H and O–H groups in total. The molecule has 0 fully saturated rings. The number of halogens is 2. The third-order valence-electron chi connectivity index (χ3n) is 2.23. The predicted octanol–water partition coefficient (Wildman–Crippen LogP) is 3.16. The van der Waals surface area contributed by atoms with Crippen molar-refractivity contribution in [1.29, 1.82) is 0 Å². The highest BCUT2D eigenvalue weighted by atomic mass is 19.1. The molecule has 0 saturated carbocycles. The lowest BCUT2D eigenvalue weighted by Gasteiger charge is -2.01. The summed E-state index contributed by atoms with van der Waals surface area (Å²) in [6.45, 7) is 1.70. The second-order valence-corrected chi connectivity index (χ2v) is 3.57. The number of benzene rings is 1. The van der Waals surface area contributed by atoms with Crippen molar-refractivity contribution >= 4 is 5.71 Å². The summed E-state index contributed by atoms with van der Waals surface area (Å²) >= 11 is 0. The van der Waals surface area contributed by atoms with Crippen molar-refractivity contribution in [3.05, 3.63) is 59.8 Å². The number of hydrogen-bond donors (Lipinski definition) is 0. The Balaban J connectivity index is 2.11. The number of aromatic nitrogens is 1. The molecule has 1 aromatic heterocycles. The molecule has 0 amide bonds. The first-order valence-electron chi connectivity index (χ1n) is 5.25. The van der Waals surface area contributed by atoms with E-state index in [4.69, 9.17) is 4.84 Å². The van der Waals surface area contributed by atoms with Crippen LogP contribution in [-0.2, 0) is 0 Å². The molecule has 0 radical (unpaired) electrons. The second kappa shape index (κ2) is 5.35. The summed E-state index contributed by atoms with van der Waals surface area (Å²) in [6, 6.07) is 9.99. The van der Waals surface area contributed by atoms with Crippen LogP contribution < -0.4 is 4.84 Å². The van der Waals surface area contributed by atoms with E-state index in [1.54, 1.807) is 19.1 Å². The highest BCUT2D eigenvalue weighted by Gasteiger charge is 2.00. The summed E-state index contributed by atoms with van der Waals surface area (Å²) in [6.07, 6.45) is 0. The monoisotopic (exact) mass is 248 g/mol. The second-order valence-electron chi connectivity index (χ2n) is 3.57. The third kappa shape index (κ3) is 3.10. The lowest BCUT2D eigenvalue weighted by molar-refractivity contribution is 0.321. The molecule has 0 aliphatic carbocycles. The van der Waals surface area contributed by atoms with Crippen LogP contribution in [0.15, 0.2) is 47.6 Å². The maximum Gasteiger partial charge on any atom is 0.251 e. The fourth-order valence-electron chi connectivity index (χ4n) is 1.30. The van der Waals surface area contributed by atoms with Gasteiger partial charge in [0.2, 0.25) is 5.95 Å². The van der Waals surface area contributed by atoms with Crippen molar-refractivity contribution in [3.8, 4) is 5.88 Å². The Hall–Kier alpha value is -2.30. The van der Waals surface area contributed by atoms with Crippen LogP contribution in [0, 0.1) is 11.8 Å². The molecule has 0 bridgehead atoms. The van der Waals surface area contributed by atoms with Gasteiger partial charge in [0.1, 0.15) is 5.82 Å². The largest absolute Gasteiger partial charge is 0.336 e. The van der Waals surface area contributed by atoms with Crippen LogP contribution in [0.4, 0.5) is 8.78 Å². The molecule has 2 aromatic rings. The van der Waals surface area contributed by atoms with Crippen LogP contribution in [0.25, 0.3) is 0 Å².